The molecule has 0 atom stereocenters. The Balaban J connectivity index is 0.00000306. The van der Waals surface area contributed by atoms with Gasteiger partial charge < -0.3 is 20.3 Å². The maximum atomic E-state index is 11.7. The van der Waals surface area contributed by atoms with Crippen LogP contribution in [0.2, 0.25) is 5.02 Å². The number of benzene rings is 3. The van der Waals surface area contributed by atoms with Gasteiger partial charge in [-0.1, -0.05) is 29.8 Å². The van der Waals surface area contributed by atoms with Gasteiger partial charge in [0.2, 0.25) is 0 Å². The summed E-state index contributed by atoms with van der Waals surface area (Å²) in [5.74, 6) is -1.68. The van der Waals surface area contributed by atoms with E-state index in [-0.39, 0.29) is 29.2 Å². The van der Waals surface area contributed by atoms with Crippen molar-refractivity contribution in [1.82, 2.24) is 4.98 Å². The van der Waals surface area contributed by atoms with E-state index in [0.29, 0.717) is 34.0 Å². The molecule has 0 unspecified atom stereocenters. The van der Waals surface area contributed by atoms with Crippen molar-refractivity contribution in [2.24, 2.45) is 0 Å². The summed E-state index contributed by atoms with van der Waals surface area (Å²) < 4.78 is 5.77. The lowest BCUT2D eigenvalue weighted by Gasteiger charge is -2.14. The number of fused-ring (bicyclic) bond motifs is 1. The Bertz CT molecular complexity index is 1320. The number of carboxylic acids is 2. The molecule has 3 aromatic carbocycles. The smallest absolute Gasteiger partial charge is 0.339 e. The lowest BCUT2D eigenvalue weighted by Crippen LogP contribution is -2.06. The fraction of sp³-hybridized carbons (Fsp3) is 0.0417. The van der Waals surface area contributed by atoms with Gasteiger partial charge in [-0.3, -0.25) is 4.98 Å². The van der Waals surface area contributed by atoms with Crippen LogP contribution in [0.25, 0.3) is 10.9 Å². The normalized spacial score (nSPS) is 10.3. The predicted octanol–water partition coefficient (Wildman–Crippen LogP) is 6.03. The van der Waals surface area contributed by atoms with Crippen molar-refractivity contribution in [2.45, 2.75) is 6.61 Å². The third-order valence-corrected chi connectivity index (χ3v) is 5.19. The molecule has 3 N–H and O–H groups in total. The van der Waals surface area contributed by atoms with Gasteiger partial charge in [0.15, 0.2) is 0 Å². The van der Waals surface area contributed by atoms with Gasteiger partial charge in [0, 0.05) is 27.9 Å². The predicted molar refractivity (Wildman–Crippen MR) is 128 cm³/mol. The largest absolute Gasteiger partial charge is 0.489 e. The minimum atomic E-state index is -1.18. The highest BCUT2D eigenvalue weighted by atomic mass is 35.5. The molecule has 0 aliphatic heterocycles. The Hall–Kier alpha value is -3.81. The van der Waals surface area contributed by atoms with Crippen molar-refractivity contribution in [3.05, 3.63) is 94.6 Å². The maximum absolute atomic E-state index is 11.7. The molecule has 0 spiro atoms. The number of carbonyl (C=O) groups is 2. The average molecular weight is 485 g/mol. The number of nitrogens with one attached hydrogen (secondary N) is 1. The fourth-order valence-corrected chi connectivity index (χ4v) is 3.37. The molecule has 4 rings (SSSR count). The third-order valence-electron chi connectivity index (χ3n) is 4.82. The molecule has 0 fully saturated rings. The second-order valence-electron chi connectivity index (χ2n) is 6.92. The Morgan fingerprint density at radius 3 is 2.36 bits per heavy atom. The number of pyridine rings is 1. The molecule has 33 heavy (non-hydrogen) atoms. The van der Waals surface area contributed by atoms with Gasteiger partial charge in [-0.2, -0.15) is 0 Å². The first-order chi connectivity index (χ1) is 15.4. The number of hydrogen-bond donors (Lipinski definition) is 3. The summed E-state index contributed by atoms with van der Waals surface area (Å²) in [6, 6.07) is 18.7. The molecule has 1 aromatic heterocycles. The summed E-state index contributed by atoms with van der Waals surface area (Å²) in [4.78, 5) is 27.3. The fourth-order valence-electron chi connectivity index (χ4n) is 3.18. The SMILES string of the molecule is Cl.O=C(O)c1ccc2ncc(C(=O)O)c(Nc3ccc(OCc4ccccc4Cl)cc3)c2c1. The van der Waals surface area contributed by atoms with E-state index < -0.39 is 11.9 Å². The van der Waals surface area contributed by atoms with Crippen molar-refractivity contribution >= 4 is 58.2 Å². The number of nitrogens with zero attached hydrogens (tertiary/aromatic N) is 1. The lowest BCUT2D eigenvalue weighted by molar-refractivity contribution is 0.0687. The van der Waals surface area contributed by atoms with E-state index in [4.69, 9.17) is 16.3 Å². The number of ether oxygens (including phenoxy) is 1. The van der Waals surface area contributed by atoms with Gasteiger partial charge in [-0.15, -0.1) is 12.4 Å². The molecule has 0 aliphatic carbocycles. The molecule has 0 bridgehead atoms. The Labute approximate surface area is 200 Å². The van der Waals surface area contributed by atoms with E-state index in [1.807, 2.05) is 18.2 Å². The number of carboxylic acid groups (broad SMARTS) is 2. The highest BCUT2D eigenvalue weighted by Gasteiger charge is 2.16. The summed E-state index contributed by atoms with van der Waals surface area (Å²) in [7, 11) is 0. The highest BCUT2D eigenvalue weighted by Crippen LogP contribution is 2.31. The van der Waals surface area contributed by atoms with Crippen molar-refractivity contribution < 1.29 is 24.5 Å². The minimum absolute atomic E-state index is 0. The number of rotatable bonds is 7. The molecular weight excluding hydrogens is 467 g/mol. The number of hydrogen-bond acceptors (Lipinski definition) is 5. The highest BCUT2D eigenvalue weighted by molar-refractivity contribution is 6.31. The average Bonchev–Trinajstić information content (AvgIpc) is 2.79. The summed E-state index contributed by atoms with van der Waals surface area (Å²) in [6.07, 6.45) is 1.24. The first kappa shape index (κ1) is 23.8. The van der Waals surface area contributed by atoms with Crippen LogP contribution in [0.1, 0.15) is 26.3 Å². The molecule has 1 heterocycles. The third kappa shape index (κ3) is 5.34. The first-order valence-electron chi connectivity index (χ1n) is 9.55. The van der Waals surface area contributed by atoms with Gasteiger partial charge in [0.1, 0.15) is 17.9 Å². The molecule has 4 aromatic rings. The van der Waals surface area contributed by atoms with E-state index in [1.54, 1.807) is 36.4 Å². The minimum Gasteiger partial charge on any atom is -0.489 e. The van der Waals surface area contributed by atoms with Crippen molar-refractivity contribution in [3.8, 4) is 5.75 Å². The number of anilines is 2. The summed E-state index contributed by atoms with van der Waals surface area (Å²) in [5, 5.41) is 23.0. The standard InChI is InChI=1S/C24H17ClN2O5.ClH/c25-20-4-2-1-3-15(20)13-32-17-8-6-16(7-9-17)27-22-18-11-14(23(28)29)5-10-21(18)26-12-19(22)24(30)31;/h1-12H,13H2,(H,26,27)(H,28,29)(H,30,31);1H. The monoisotopic (exact) mass is 484 g/mol. The van der Waals surface area contributed by atoms with Crippen LogP contribution in [0.3, 0.4) is 0 Å². The summed E-state index contributed by atoms with van der Waals surface area (Å²) in [5.41, 5.74) is 2.16. The van der Waals surface area contributed by atoms with Gasteiger partial charge in [0.05, 0.1) is 16.8 Å². The Morgan fingerprint density at radius 2 is 1.70 bits per heavy atom. The first-order valence-corrected chi connectivity index (χ1v) is 9.93. The van der Waals surface area contributed by atoms with Crippen molar-refractivity contribution in [1.29, 1.82) is 0 Å². The zero-order valence-electron chi connectivity index (χ0n) is 17.0. The van der Waals surface area contributed by atoms with Crippen LogP contribution >= 0.6 is 24.0 Å². The zero-order chi connectivity index (χ0) is 22.7. The molecule has 0 saturated carbocycles. The molecular formula is C24H18Cl2N2O5. The molecule has 7 nitrogen and oxygen atoms in total. The van der Waals surface area contributed by atoms with Crippen LogP contribution in [-0.2, 0) is 6.61 Å². The molecule has 0 amide bonds. The molecule has 168 valence electrons. The topological polar surface area (TPSA) is 109 Å². The van der Waals surface area contributed by atoms with Crippen LogP contribution in [-0.4, -0.2) is 27.1 Å². The van der Waals surface area contributed by atoms with E-state index in [0.717, 1.165) is 5.56 Å². The quantitative estimate of drug-likeness (QED) is 0.293. The van der Waals surface area contributed by atoms with E-state index in [9.17, 15) is 19.8 Å². The van der Waals surface area contributed by atoms with E-state index in [1.165, 1.54) is 18.3 Å². The van der Waals surface area contributed by atoms with Gasteiger partial charge in [-0.25, -0.2) is 9.59 Å². The molecule has 9 heteroatoms. The molecule has 0 radical (unpaired) electrons. The zero-order valence-corrected chi connectivity index (χ0v) is 18.6. The maximum Gasteiger partial charge on any atom is 0.339 e. The van der Waals surface area contributed by atoms with Gasteiger partial charge in [0.25, 0.3) is 0 Å². The Kier molecular flexibility index (Phi) is 7.37. The second kappa shape index (κ2) is 10.2. The van der Waals surface area contributed by atoms with Crippen LogP contribution in [0, 0.1) is 0 Å². The molecule has 0 saturated heterocycles. The van der Waals surface area contributed by atoms with E-state index in [2.05, 4.69) is 10.3 Å². The Morgan fingerprint density at radius 1 is 0.970 bits per heavy atom. The number of aromatic nitrogens is 1. The summed E-state index contributed by atoms with van der Waals surface area (Å²) >= 11 is 6.14. The lowest BCUT2D eigenvalue weighted by atomic mass is 10.1. The van der Waals surface area contributed by atoms with Crippen LogP contribution in [0.5, 0.6) is 5.75 Å². The molecule has 0 aliphatic rings. The number of halogens is 2. The van der Waals surface area contributed by atoms with Gasteiger partial charge >= 0.3 is 11.9 Å². The summed E-state index contributed by atoms with van der Waals surface area (Å²) in [6.45, 7) is 0.308. The van der Waals surface area contributed by atoms with Gasteiger partial charge in [-0.05, 0) is 48.5 Å². The second-order valence-corrected chi connectivity index (χ2v) is 7.33. The van der Waals surface area contributed by atoms with Crippen molar-refractivity contribution in [3.63, 3.8) is 0 Å². The van der Waals surface area contributed by atoms with Crippen LogP contribution < -0.4 is 10.1 Å². The van der Waals surface area contributed by atoms with Crippen LogP contribution in [0.15, 0.2) is 72.9 Å². The van der Waals surface area contributed by atoms with Crippen molar-refractivity contribution in [2.75, 3.05) is 5.32 Å². The van der Waals surface area contributed by atoms with Crippen LogP contribution in [0.4, 0.5) is 11.4 Å². The van der Waals surface area contributed by atoms with E-state index >= 15 is 0 Å². The number of aromatic carboxylic acids is 2.